The molecular formula is C10H10BrNO3S. The van der Waals surface area contributed by atoms with Gasteiger partial charge in [-0.2, -0.15) is 13.1 Å². The number of hydrogen-bond acceptors (Lipinski definition) is 3. The highest BCUT2D eigenvalue weighted by molar-refractivity contribution is 9.10. The molecule has 0 saturated carbocycles. The van der Waals surface area contributed by atoms with Crippen LogP contribution in [0.4, 0.5) is 0 Å². The van der Waals surface area contributed by atoms with E-state index < -0.39 is 10.3 Å². The monoisotopic (exact) mass is 303 g/mol. The van der Waals surface area contributed by atoms with Crippen LogP contribution in [0.1, 0.15) is 18.5 Å². The molecule has 0 saturated heterocycles. The van der Waals surface area contributed by atoms with E-state index in [1.54, 1.807) is 18.2 Å². The minimum Gasteiger partial charge on any atom is -0.370 e. The van der Waals surface area contributed by atoms with E-state index in [0.29, 0.717) is 5.75 Å². The van der Waals surface area contributed by atoms with Crippen LogP contribution in [0.3, 0.4) is 0 Å². The lowest BCUT2D eigenvalue weighted by Crippen LogP contribution is -2.35. The topological polar surface area (TPSA) is 55.4 Å². The van der Waals surface area contributed by atoms with E-state index in [-0.39, 0.29) is 6.04 Å². The summed E-state index contributed by atoms with van der Waals surface area (Å²) in [4.78, 5) is 0. The second-order valence-electron chi connectivity index (χ2n) is 3.34. The van der Waals surface area contributed by atoms with Gasteiger partial charge in [-0.1, -0.05) is 34.1 Å². The Morgan fingerprint density at radius 2 is 2.25 bits per heavy atom. The molecule has 1 heterocycles. The second-order valence-corrected chi connectivity index (χ2v) is 5.57. The standard InChI is InChI=1S/C10H10BrNO3S/c1-2-3-9-8-5-4-7(11)6-10(8)15-16(13,14)12-9/h2-6,9,12H,1H3/b3-2+/t9-/m1/s1. The maximum Gasteiger partial charge on any atom is 0.383 e. The summed E-state index contributed by atoms with van der Waals surface area (Å²) in [5, 5.41) is 0. The number of nitrogens with one attached hydrogen (secondary N) is 1. The first-order valence-corrected chi connectivity index (χ1v) is 6.86. The Kier molecular flexibility index (Phi) is 3.05. The molecule has 1 atom stereocenters. The molecule has 1 aromatic rings. The van der Waals surface area contributed by atoms with E-state index in [1.165, 1.54) is 0 Å². The van der Waals surface area contributed by atoms with Gasteiger partial charge < -0.3 is 4.18 Å². The van der Waals surface area contributed by atoms with Crippen molar-refractivity contribution in [2.75, 3.05) is 0 Å². The van der Waals surface area contributed by atoms with Crippen LogP contribution in [0.25, 0.3) is 0 Å². The molecule has 2 rings (SSSR count). The van der Waals surface area contributed by atoms with Gasteiger partial charge >= 0.3 is 10.3 Å². The number of hydrogen-bond donors (Lipinski definition) is 1. The molecule has 1 aromatic carbocycles. The first-order valence-electron chi connectivity index (χ1n) is 4.66. The lowest BCUT2D eigenvalue weighted by atomic mass is 10.1. The number of fused-ring (bicyclic) bond motifs is 1. The minimum absolute atomic E-state index is 0.358. The third kappa shape index (κ3) is 2.28. The normalized spacial score (nSPS) is 22.8. The lowest BCUT2D eigenvalue weighted by molar-refractivity contribution is 0.444. The van der Waals surface area contributed by atoms with E-state index in [9.17, 15) is 8.42 Å². The molecule has 1 N–H and O–H groups in total. The number of allylic oxidation sites excluding steroid dienone is 1. The fourth-order valence-electron chi connectivity index (χ4n) is 1.53. The largest absolute Gasteiger partial charge is 0.383 e. The van der Waals surface area contributed by atoms with E-state index in [0.717, 1.165) is 10.0 Å². The molecule has 0 aromatic heterocycles. The minimum atomic E-state index is -3.71. The first-order chi connectivity index (χ1) is 7.52. The van der Waals surface area contributed by atoms with Crippen LogP contribution in [0.5, 0.6) is 5.75 Å². The number of rotatable bonds is 1. The molecule has 0 radical (unpaired) electrons. The Bertz CT molecular complexity index is 539. The fourth-order valence-corrected chi connectivity index (χ4v) is 2.82. The summed E-state index contributed by atoms with van der Waals surface area (Å²) in [6.07, 6.45) is 3.57. The summed E-state index contributed by atoms with van der Waals surface area (Å²) in [6.45, 7) is 1.84. The van der Waals surface area contributed by atoms with Crippen LogP contribution in [0.15, 0.2) is 34.8 Å². The Morgan fingerprint density at radius 3 is 2.94 bits per heavy atom. The molecule has 0 spiro atoms. The lowest BCUT2D eigenvalue weighted by Gasteiger charge is -2.24. The fraction of sp³-hybridized carbons (Fsp3) is 0.200. The van der Waals surface area contributed by atoms with Gasteiger partial charge in [-0.3, -0.25) is 0 Å². The molecular weight excluding hydrogens is 294 g/mol. The molecule has 0 bridgehead atoms. The highest BCUT2D eigenvalue weighted by Gasteiger charge is 2.28. The number of benzene rings is 1. The van der Waals surface area contributed by atoms with Crippen LogP contribution in [-0.4, -0.2) is 8.42 Å². The predicted octanol–water partition coefficient (Wildman–Crippen LogP) is 2.29. The zero-order chi connectivity index (χ0) is 11.8. The first kappa shape index (κ1) is 11.6. The summed E-state index contributed by atoms with van der Waals surface area (Å²) >= 11 is 3.27. The summed E-state index contributed by atoms with van der Waals surface area (Å²) in [5.41, 5.74) is 0.802. The maximum atomic E-state index is 11.4. The van der Waals surface area contributed by atoms with Gasteiger partial charge in [-0.25, -0.2) is 0 Å². The van der Waals surface area contributed by atoms with Crippen LogP contribution in [0, 0.1) is 0 Å². The van der Waals surface area contributed by atoms with Crippen molar-refractivity contribution in [3.63, 3.8) is 0 Å². The molecule has 0 unspecified atom stereocenters. The van der Waals surface area contributed by atoms with Gasteiger partial charge in [0.1, 0.15) is 5.75 Å². The molecule has 86 valence electrons. The Hall–Kier alpha value is -0.850. The van der Waals surface area contributed by atoms with Gasteiger partial charge in [0.05, 0.1) is 6.04 Å². The van der Waals surface area contributed by atoms with E-state index >= 15 is 0 Å². The van der Waals surface area contributed by atoms with Gasteiger partial charge in [0.25, 0.3) is 0 Å². The smallest absolute Gasteiger partial charge is 0.370 e. The molecule has 1 aliphatic heterocycles. The summed E-state index contributed by atoms with van der Waals surface area (Å²) < 4.78 is 30.9. The van der Waals surface area contributed by atoms with Crippen LogP contribution >= 0.6 is 15.9 Å². The summed E-state index contributed by atoms with van der Waals surface area (Å²) in [6, 6.07) is 4.95. The molecule has 1 aliphatic rings. The van der Waals surface area contributed by atoms with Gasteiger partial charge in [-0.05, 0) is 19.1 Å². The highest BCUT2D eigenvalue weighted by atomic mass is 79.9. The van der Waals surface area contributed by atoms with E-state index in [4.69, 9.17) is 4.18 Å². The van der Waals surface area contributed by atoms with Gasteiger partial charge in [0, 0.05) is 10.0 Å². The quantitative estimate of drug-likeness (QED) is 0.810. The molecule has 16 heavy (non-hydrogen) atoms. The van der Waals surface area contributed by atoms with Crippen molar-refractivity contribution in [3.8, 4) is 5.75 Å². The Morgan fingerprint density at radius 1 is 1.50 bits per heavy atom. The molecule has 0 fully saturated rings. The van der Waals surface area contributed by atoms with Crippen LogP contribution in [0.2, 0.25) is 0 Å². The summed E-state index contributed by atoms with van der Waals surface area (Å²) in [5.74, 6) is 0.358. The molecule has 4 nitrogen and oxygen atoms in total. The van der Waals surface area contributed by atoms with E-state index in [1.807, 2.05) is 19.1 Å². The Labute approximate surface area is 103 Å². The van der Waals surface area contributed by atoms with Crippen LogP contribution < -0.4 is 8.91 Å². The average Bonchev–Trinajstić information content (AvgIpc) is 2.15. The van der Waals surface area contributed by atoms with Gasteiger partial charge in [0.2, 0.25) is 0 Å². The van der Waals surface area contributed by atoms with E-state index in [2.05, 4.69) is 20.7 Å². The zero-order valence-electron chi connectivity index (χ0n) is 8.48. The number of halogens is 1. The Balaban J connectivity index is 2.55. The van der Waals surface area contributed by atoms with Crippen LogP contribution in [-0.2, 0) is 10.3 Å². The SMILES string of the molecule is C/C=C/[C@H]1NS(=O)(=O)Oc2cc(Br)ccc21. The van der Waals surface area contributed by atoms with Crippen molar-refractivity contribution in [1.29, 1.82) is 0 Å². The molecule has 6 heteroatoms. The van der Waals surface area contributed by atoms with Crippen molar-refractivity contribution in [1.82, 2.24) is 4.72 Å². The molecule has 0 aliphatic carbocycles. The summed E-state index contributed by atoms with van der Waals surface area (Å²) in [7, 11) is -3.71. The highest BCUT2D eigenvalue weighted by Crippen LogP contribution is 2.34. The van der Waals surface area contributed by atoms with Crippen molar-refractivity contribution in [3.05, 3.63) is 40.4 Å². The maximum absolute atomic E-state index is 11.4. The molecule has 0 amide bonds. The third-order valence-electron chi connectivity index (χ3n) is 2.17. The van der Waals surface area contributed by atoms with Gasteiger partial charge in [-0.15, -0.1) is 0 Å². The second kappa shape index (κ2) is 4.20. The van der Waals surface area contributed by atoms with Crippen molar-refractivity contribution in [2.24, 2.45) is 0 Å². The third-order valence-corrected chi connectivity index (χ3v) is 3.60. The van der Waals surface area contributed by atoms with Crippen molar-refractivity contribution in [2.45, 2.75) is 13.0 Å². The predicted molar refractivity (Wildman–Crippen MR) is 64.4 cm³/mol. The van der Waals surface area contributed by atoms with Gasteiger partial charge in [0.15, 0.2) is 0 Å². The zero-order valence-corrected chi connectivity index (χ0v) is 10.9. The van der Waals surface area contributed by atoms with Crippen molar-refractivity contribution >= 4 is 26.2 Å². The van der Waals surface area contributed by atoms with Crippen molar-refractivity contribution < 1.29 is 12.6 Å². The average molecular weight is 304 g/mol.